The highest BCUT2D eigenvalue weighted by molar-refractivity contribution is 5.78. The molecular weight excluding hydrogens is 182 g/mol. The van der Waals surface area contributed by atoms with Crippen molar-refractivity contribution in [2.75, 3.05) is 13.1 Å². The van der Waals surface area contributed by atoms with E-state index in [9.17, 15) is 9.59 Å². The summed E-state index contributed by atoms with van der Waals surface area (Å²) in [5.41, 5.74) is 5.10. The van der Waals surface area contributed by atoms with Crippen LogP contribution in [-0.4, -0.2) is 30.9 Å². The van der Waals surface area contributed by atoms with E-state index >= 15 is 0 Å². The maximum absolute atomic E-state index is 11.2. The van der Waals surface area contributed by atoms with E-state index < -0.39 is 0 Å². The van der Waals surface area contributed by atoms with Crippen LogP contribution in [0.2, 0.25) is 0 Å². The van der Waals surface area contributed by atoms with Crippen LogP contribution in [0, 0.1) is 0 Å². The number of hydrogen-bond acceptors (Lipinski definition) is 3. The third kappa shape index (κ3) is 4.81. The molecule has 2 amide bonds. The van der Waals surface area contributed by atoms with Gasteiger partial charge in [0, 0.05) is 19.0 Å². The summed E-state index contributed by atoms with van der Waals surface area (Å²) in [4.78, 5) is 21.9. The third-order valence-corrected chi connectivity index (χ3v) is 2.03. The second-order valence-corrected chi connectivity index (χ2v) is 3.50. The molecule has 0 saturated heterocycles. The van der Waals surface area contributed by atoms with E-state index in [1.165, 1.54) is 0 Å². The number of carbonyl (C=O) groups excluding carboxylic acids is 2. The Kier molecular flexibility index (Phi) is 4.39. The Morgan fingerprint density at radius 3 is 2.57 bits per heavy atom. The highest BCUT2D eigenvalue weighted by Gasteiger charge is 2.22. The van der Waals surface area contributed by atoms with E-state index in [1.807, 2.05) is 0 Å². The molecule has 1 aliphatic rings. The molecule has 0 radical (unpaired) electrons. The van der Waals surface area contributed by atoms with Gasteiger partial charge in [0.05, 0.1) is 6.54 Å². The second-order valence-electron chi connectivity index (χ2n) is 3.50. The van der Waals surface area contributed by atoms with E-state index in [0.29, 0.717) is 25.4 Å². The molecule has 0 unspecified atom stereocenters. The molecule has 1 aliphatic carbocycles. The lowest BCUT2D eigenvalue weighted by atomic mass is 10.3. The number of hydrogen-bond donors (Lipinski definition) is 3. The Morgan fingerprint density at radius 1 is 1.29 bits per heavy atom. The highest BCUT2D eigenvalue weighted by Crippen LogP contribution is 2.18. The summed E-state index contributed by atoms with van der Waals surface area (Å²) < 4.78 is 0. The van der Waals surface area contributed by atoms with Gasteiger partial charge in [-0.1, -0.05) is 0 Å². The molecule has 5 nitrogen and oxygen atoms in total. The monoisotopic (exact) mass is 199 g/mol. The van der Waals surface area contributed by atoms with Gasteiger partial charge < -0.3 is 16.4 Å². The van der Waals surface area contributed by atoms with Gasteiger partial charge in [-0.05, 0) is 19.3 Å². The molecule has 14 heavy (non-hydrogen) atoms. The maximum atomic E-state index is 11.2. The highest BCUT2D eigenvalue weighted by atomic mass is 16.2. The predicted octanol–water partition coefficient (Wildman–Crippen LogP) is -0.880. The van der Waals surface area contributed by atoms with Gasteiger partial charge in [0.2, 0.25) is 11.8 Å². The first kappa shape index (κ1) is 11.0. The van der Waals surface area contributed by atoms with Gasteiger partial charge in [0.25, 0.3) is 0 Å². The Labute approximate surface area is 83.4 Å². The Hall–Kier alpha value is -1.10. The van der Waals surface area contributed by atoms with Crippen LogP contribution in [0.25, 0.3) is 0 Å². The SMILES string of the molecule is NCC(=O)NCCCC(=O)NC1CC1. The number of rotatable bonds is 6. The number of carbonyl (C=O) groups is 2. The first-order valence-corrected chi connectivity index (χ1v) is 4.98. The Morgan fingerprint density at radius 2 is 2.00 bits per heavy atom. The molecule has 4 N–H and O–H groups in total. The van der Waals surface area contributed by atoms with Gasteiger partial charge in [-0.15, -0.1) is 0 Å². The number of amides is 2. The number of nitrogens with two attached hydrogens (primary N) is 1. The molecule has 0 bridgehead atoms. The molecule has 0 aromatic heterocycles. The van der Waals surface area contributed by atoms with Crippen molar-refractivity contribution < 1.29 is 9.59 Å². The summed E-state index contributed by atoms with van der Waals surface area (Å²) in [7, 11) is 0. The smallest absolute Gasteiger partial charge is 0.233 e. The molecule has 1 rings (SSSR count). The summed E-state index contributed by atoms with van der Waals surface area (Å²) in [6.07, 6.45) is 3.36. The summed E-state index contributed by atoms with van der Waals surface area (Å²) in [5, 5.41) is 5.49. The fourth-order valence-corrected chi connectivity index (χ4v) is 1.08. The van der Waals surface area contributed by atoms with Gasteiger partial charge in [-0.25, -0.2) is 0 Å². The van der Waals surface area contributed by atoms with Crippen LogP contribution >= 0.6 is 0 Å². The maximum Gasteiger partial charge on any atom is 0.233 e. The van der Waals surface area contributed by atoms with E-state index in [2.05, 4.69) is 10.6 Å². The molecular formula is C9H17N3O2. The van der Waals surface area contributed by atoms with Crippen molar-refractivity contribution in [3.8, 4) is 0 Å². The lowest BCUT2D eigenvalue weighted by molar-refractivity contribution is -0.122. The fraction of sp³-hybridized carbons (Fsp3) is 0.778. The van der Waals surface area contributed by atoms with Crippen LogP contribution in [0.1, 0.15) is 25.7 Å². The first-order valence-electron chi connectivity index (χ1n) is 4.98. The zero-order chi connectivity index (χ0) is 10.4. The first-order chi connectivity index (χ1) is 6.72. The third-order valence-electron chi connectivity index (χ3n) is 2.03. The normalized spacial score (nSPS) is 14.9. The molecule has 80 valence electrons. The van der Waals surface area contributed by atoms with Crippen LogP contribution in [0.5, 0.6) is 0 Å². The molecule has 0 heterocycles. The minimum atomic E-state index is -0.174. The Balaban J connectivity index is 1.91. The van der Waals surface area contributed by atoms with Crippen LogP contribution < -0.4 is 16.4 Å². The topological polar surface area (TPSA) is 84.2 Å². The van der Waals surface area contributed by atoms with Crippen LogP contribution in [0.4, 0.5) is 0 Å². The van der Waals surface area contributed by atoms with Crippen molar-refractivity contribution in [3.05, 3.63) is 0 Å². The molecule has 0 aromatic rings. The predicted molar refractivity (Wildman–Crippen MR) is 52.5 cm³/mol. The minimum absolute atomic E-state index is 0.00820. The molecule has 0 aliphatic heterocycles. The summed E-state index contributed by atoms with van der Waals surface area (Å²) in [6.45, 7) is 0.530. The largest absolute Gasteiger partial charge is 0.355 e. The van der Waals surface area contributed by atoms with E-state index in [-0.39, 0.29) is 18.4 Å². The van der Waals surface area contributed by atoms with Crippen molar-refractivity contribution in [3.63, 3.8) is 0 Å². The minimum Gasteiger partial charge on any atom is -0.355 e. The average Bonchev–Trinajstić information content (AvgIpc) is 2.95. The standard InChI is InChI=1S/C9H17N3O2/c10-6-9(14)11-5-1-2-8(13)12-7-3-4-7/h7H,1-6,10H2,(H,11,14)(H,12,13). The van der Waals surface area contributed by atoms with Crippen molar-refractivity contribution in [1.82, 2.24) is 10.6 Å². The lowest BCUT2D eigenvalue weighted by Crippen LogP contribution is -2.32. The molecule has 0 aromatic carbocycles. The lowest BCUT2D eigenvalue weighted by Gasteiger charge is -2.04. The van der Waals surface area contributed by atoms with Crippen molar-refractivity contribution >= 4 is 11.8 Å². The van der Waals surface area contributed by atoms with Crippen molar-refractivity contribution in [2.45, 2.75) is 31.7 Å². The summed E-state index contributed by atoms with van der Waals surface area (Å²) in [6, 6.07) is 0.418. The van der Waals surface area contributed by atoms with Gasteiger partial charge >= 0.3 is 0 Å². The van der Waals surface area contributed by atoms with Gasteiger partial charge in [-0.2, -0.15) is 0 Å². The quantitative estimate of drug-likeness (QED) is 0.486. The van der Waals surface area contributed by atoms with Crippen molar-refractivity contribution in [2.24, 2.45) is 5.73 Å². The summed E-state index contributed by atoms with van der Waals surface area (Å²) >= 11 is 0. The van der Waals surface area contributed by atoms with E-state index in [0.717, 1.165) is 12.8 Å². The van der Waals surface area contributed by atoms with E-state index in [4.69, 9.17) is 5.73 Å². The number of nitrogens with one attached hydrogen (secondary N) is 2. The zero-order valence-corrected chi connectivity index (χ0v) is 8.21. The Bertz CT molecular complexity index is 214. The molecule has 1 fully saturated rings. The van der Waals surface area contributed by atoms with Gasteiger partial charge in [0.1, 0.15) is 0 Å². The average molecular weight is 199 g/mol. The zero-order valence-electron chi connectivity index (χ0n) is 8.21. The molecule has 0 atom stereocenters. The second kappa shape index (κ2) is 5.59. The van der Waals surface area contributed by atoms with Crippen LogP contribution in [-0.2, 0) is 9.59 Å². The van der Waals surface area contributed by atoms with Gasteiger partial charge in [0.15, 0.2) is 0 Å². The van der Waals surface area contributed by atoms with Crippen molar-refractivity contribution in [1.29, 1.82) is 0 Å². The molecule has 5 heteroatoms. The van der Waals surface area contributed by atoms with Gasteiger partial charge in [-0.3, -0.25) is 9.59 Å². The summed E-state index contributed by atoms with van der Waals surface area (Å²) in [5.74, 6) is -0.0953. The fourth-order valence-electron chi connectivity index (χ4n) is 1.08. The van der Waals surface area contributed by atoms with E-state index in [1.54, 1.807) is 0 Å². The molecule has 0 spiro atoms. The molecule has 1 saturated carbocycles. The van der Waals surface area contributed by atoms with Crippen LogP contribution in [0.3, 0.4) is 0 Å². The van der Waals surface area contributed by atoms with Crippen LogP contribution in [0.15, 0.2) is 0 Å².